The number of hydrogen-bond donors (Lipinski definition) is 2. The summed E-state index contributed by atoms with van der Waals surface area (Å²) in [4.78, 5) is 0. The van der Waals surface area contributed by atoms with Crippen LogP contribution < -0.4 is 5.32 Å². The highest BCUT2D eigenvalue weighted by atomic mass is 16.3. The zero-order valence-corrected chi connectivity index (χ0v) is 7.51. The van der Waals surface area contributed by atoms with Crippen LogP contribution in [0.5, 0.6) is 0 Å². The molecule has 0 bridgehead atoms. The zero-order valence-electron chi connectivity index (χ0n) is 7.51. The highest BCUT2D eigenvalue weighted by Crippen LogP contribution is 2.05. The molecule has 0 saturated carbocycles. The fourth-order valence-electron chi connectivity index (χ4n) is 1.76. The molecule has 1 fully saturated rings. The van der Waals surface area contributed by atoms with Gasteiger partial charge in [0.1, 0.15) is 12.6 Å². The molecule has 66 valence electrons. The quantitative estimate of drug-likeness (QED) is 0.528. The van der Waals surface area contributed by atoms with Gasteiger partial charge in [-0.25, -0.2) is 0 Å². The second kappa shape index (κ2) is 3.52. The lowest BCUT2D eigenvalue weighted by Gasteiger charge is -2.38. The molecule has 1 rings (SSSR count). The van der Waals surface area contributed by atoms with E-state index in [1.54, 1.807) is 0 Å². The average molecular weight is 159 g/mol. The van der Waals surface area contributed by atoms with Crippen LogP contribution in [0.25, 0.3) is 0 Å². The first-order valence-corrected chi connectivity index (χ1v) is 4.35. The molecule has 1 unspecified atom stereocenters. The van der Waals surface area contributed by atoms with E-state index in [0.29, 0.717) is 0 Å². The van der Waals surface area contributed by atoms with Crippen molar-refractivity contribution in [2.24, 2.45) is 0 Å². The third kappa shape index (κ3) is 2.77. The molecule has 0 radical (unpaired) electrons. The van der Waals surface area contributed by atoms with Gasteiger partial charge in [-0.3, -0.25) is 0 Å². The summed E-state index contributed by atoms with van der Waals surface area (Å²) in [7, 11) is 2.22. The maximum Gasteiger partial charge on any atom is 0.105 e. The summed E-state index contributed by atoms with van der Waals surface area (Å²) in [6, 6.07) is 0. The lowest BCUT2D eigenvalue weighted by atomic mass is 10.2. The van der Waals surface area contributed by atoms with E-state index in [4.69, 9.17) is 0 Å². The number of piperazine rings is 1. The molecular weight excluding hydrogens is 140 g/mol. The maximum atomic E-state index is 9.23. The average Bonchev–Trinajstić information content (AvgIpc) is 1.85. The van der Waals surface area contributed by atoms with Crippen molar-refractivity contribution in [3.8, 4) is 0 Å². The smallest absolute Gasteiger partial charge is 0.105 e. The molecule has 11 heavy (non-hydrogen) atoms. The summed E-state index contributed by atoms with van der Waals surface area (Å²) >= 11 is 0. The number of nitrogens with one attached hydrogen (secondary N) is 1. The highest BCUT2D eigenvalue weighted by molar-refractivity contribution is 4.56. The first kappa shape index (κ1) is 8.97. The Labute approximate surface area is 68.6 Å². The minimum absolute atomic E-state index is 0.168. The highest BCUT2D eigenvalue weighted by Gasteiger charge is 2.25. The van der Waals surface area contributed by atoms with Crippen LogP contribution in [0.2, 0.25) is 0 Å². The summed E-state index contributed by atoms with van der Waals surface area (Å²) in [5, 5.41) is 12.5. The van der Waals surface area contributed by atoms with E-state index in [1.165, 1.54) is 0 Å². The van der Waals surface area contributed by atoms with Crippen molar-refractivity contribution in [1.29, 1.82) is 0 Å². The number of aliphatic hydroxyl groups is 1. The van der Waals surface area contributed by atoms with Crippen LogP contribution in [-0.2, 0) is 0 Å². The van der Waals surface area contributed by atoms with Gasteiger partial charge in [0, 0.05) is 13.1 Å². The van der Waals surface area contributed by atoms with Crippen LogP contribution in [0, 0.1) is 0 Å². The van der Waals surface area contributed by atoms with Crippen LogP contribution >= 0.6 is 0 Å². The van der Waals surface area contributed by atoms with E-state index in [-0.39, 0.29) is 6.10 Å². The van der Waals surface area contributed by atoms with Gasteiger partial charge in [-0.05, 0) is 6.92 Å². The van der Waals surface area contributed by atoms with Crippen LogP contribution in [0.4, 0.5) is 0 Å². The summed E-state index contributed by atoms with van der Waals surface area (Å²) < 4.78 is 1.02. The van der Waals surface area contributed by atoms with Gasteiger partial charge >= 0.3 is 0 Å². The molecular formula is C8H19N2O+. The van der Waals surface area contributed by atoms with Crippen molar-refractivity contribution >= 4 is 0 Å². The predicted molar refractivity (Wildman–Crippen MR) is 45.3 cm³/mol. The van der Waals surface area contributed by atoms with Crippen molar-refractivity contribution in [2.75, 3.05) is 39.8 Å². The third-order valence-electron chi connectivity index (χ3n) is 2.36. The predicted octanol–water partition coefficient (Wildman–Crippen LogP) is -0.583. The fourth-order valence-corrected chi connectivity index (χ4v) is 1.76. The lowest BCUT2D eigenvalue weighted by Crippen LogP contribution is -2.58. The molecule has 3 nitrogen and oxygen atoms in total. The van der Waals surface area contributed by atoms with Gasteiger partial charge in [0.05, 0.1) is 20.1 Å². The molecule has 0 aliphatic carbocycles. The van der Waals surface area contributed by atoms with E-state index in [0.717, 1.165) is 37.2 Å². The molecule has 1 aliphatic heterocycles. The Morgan fingerprint density at radius 3 is 2.45 bits per heavy atom. The van der Waals surface area contributed by atoms with Crippen molar-refractivity contribution < 1.29 is 9.59 Å². The van der Waals surface area contributed by atoms with Gasteiger partial charge in [0.2, 0.25) is 0 Å². The molecule has 1 aliphatic rings. The third-order valence-corrected chi connectivity index (χ3v) is 2.36. The number of rotatable bonds is 2. The van der Waals surface area contributed by atoms with Crippen LogP contribution in [0.3, 0.4) is 0 Å². The van der Waals surface area contributed by atoms with Crippen molar-refractivity contribution in [1.82, 2.24) is 5.32 Å². The molecule has 0 aromatic carbocycles. The summed E-state index contributed by atoms with van der Waals surface area (Å²) in [5.74, 6) is 0. The van der Waals surface area contributed by atoms with Crippen molar-refractivity contribution in [3.63, 3.8) is 0 Å². The first-order valence-electron chi connectivity index (χ1n) is 4.35. The van der Waals surface area contributed by atoms with Gasteiger partial charge in [0.25, 0.3) is 0 Å². The second-order valence-corrected chi connectivity index (χ2v) is 3.85. The zero-order chi connectivity index (χ0) is 8.32. The number of hydrogen-bond acceptors (Lipinski definition) is 2. The fraction of sp³-hybridized carbons (Fsp3) is 1.00. The number of aliphatic hydroxyl groups excluding tert-OH is 1. The molecule has 0 aromatic heterocycles. The number of likely N-dealkylation sites (N-methyl/N-ethyl adjacent to an activating group) is 1. The van der Waals surface area contributed by atoms with Crippen LogP contribution in [0.1, 0.15) is 6.92 Å². The second-order valence-electron chi connectivity index (χ2n) is 3.85. The Kier molecular flexibility index (Phi) is 2.87. The van der Waals surface area contributed by atoms with Gasteiger partial charge < -0.3 is 14.9 Å². The number of quaternary nitrogens is 1. The lowest BCUT2D eigenvalue weighted by molar-refractivity contribution is -0.913. The normalized spacial score (nSPS) is 26.5. The molecule has 1 heterocycles. The van der Waals surface area contributed by atoms with Gasteiger partial charge in [-0.15, -0.1) is 0 Å². The minimum atomic E-state index is -0.168. The summed E-state index contributed by atoms with van der Waals surface area (Å²) in [6.07, 6.45) is -0.168. The summed E-state index contributed by atoms with van der Waals surface area (Å²) in [6.45, 7) is 7.22. The van der Waals surface area contributed by atoms with Gasteiger partial charge in [0.15, 0.2) is 0 Å². The van der Waals surface area contributed by atoms with Crippen LogP contribution in [0.15, 0.2) is 0 Å². The Hall–Kier alpha value is -0.120. The Morgan fingerprint density at radius 2 is 2.00 bits per heavy atom. The maximum absolute atomic E-state index is 9.23. The molecule has 0 spiro atoms. The topological polar surface area (TPSA) is 32.3 Å². The van der Waals surface area contributed by atoms with E-state index in [9.17, 15) is 5.11 Å². The summed E-state index contributed by atoms with van der Waals surface area (Å²) in [5.41, 5.74) is 0. The Bertz CT molecular complexity index is 119. The van der Waals surface area contributed by atoms with Crippen LogP contribution in [-0.4, -0.2) is 55.5 Å². The molecule has 0 aromatic rings. The Balaban J connectivity index is 2.37. The van der Waals surface area contributed by atoms with E-state index >= 15 is 0 Å². The standard InChI is InChI=1S/C8H19N2O/c1-8(11)7-10(2)5-3-9-4-6-10/h8-9,11H,3-7H2,1-2H3/q+1. The van der Waals surface area contributed by atoms with Crippen molar-refractivity contribution in [2.45, 2.75) is 13.0 Å². The minimum Gasteiger partial charge on any atom is -0.388 e. The van der Waals surface area contributed by atoms with E-state index in [1.807, 2.05) is 6.92 Å². The Morgan fingerprint density at radius 1 is 1.45 bits per heavy atom. The van der Waals surface area contributed by atoms with E-state index in [2.05, 4.69) is 12.4 Å². The molecule has 1 atom stereocenters. The van der Waals surface area contributed by atoms with E-state index < -0.39 is 0 Å². The molecule has 2 N–H and O–H groups in total. The van der Waals surface area contributed by atoms with Crippen molar-refractivity contribution in [3.05, 3.63) is 0 Å². The van der Waals surface area contributed by atoms with Gasteiger partial charge in [-0.1, -0.05) is 0 Å². The molecule has 0 amide bonds. The first-order chi connectivity index (χ1) is 5.12. The molecule has 1 saturated heterocycles. The number of nitrogens with zero attached hydrogens (tertiary/aromatic N) is 1. The van der Waals surface area contributed by atoms with Gasteiger partial charge in [-0.2, -0.15) is 0 Å². The largest absolute Gasteiger partial charge is 0.388 e. The SMILES string of the molecule is CC(O)C[N+]1(C)CCNCC1. The monoisotopic (exact) mass is 159 g/mol. The molecule has 3 heteroatoms.